The molecule has 1 aromatic heterocycles. The number of pyridine rings is 1. The molecule has 0 amide bonds. The Kier molecular flexibility index (Phi) is 3.90. The van der Waals surface area contributed by atoms with E-state index in [-0.39, 0.29) is 0 Å². The zero-order valence-corrected chi connectivity index (χ0v) is 12.9. The molecule has 4 heteroatoms. The number of hydrogen-bond donors (Lipinski definition) is 0. The third kappa shape index (κ3) is 2.65. The van der Waals surface area contributed by atoms with Crippen LogP contribution < -0.4 is 4.74 Å². The number of hydrogen-bond acceptors (Lipinski definition) is 2. The minimum absolute atomic E-state index is 0.392. The molecule has 20 heavy (non-hydrogen) atoms. The molecule has 0 aliphatic carbocycles. The number of fused-ring (bicyclic) bond motifs is 1. The van der Waals surface area contributed by atoms with E-state index in [0.29, 0.717) is 11.8 Å². The van der Waals surface area contributed by atoms with Gasteiger partial charge in [0.2, 0.25) is 0 Å². The quantitative estimate of drug-likeness (QED) is 0.605. The average molecular weight is 349 g/mol. The Morgan fingerprint density at radius 1 is 1.05 bits per heavy atom. The number of aromatic nitrogens is 1. The fourth-order valence-corrected chi connectivity index (χ4v) is 2.79. The van der Waals surface area contributed by atoms with E-state index in [2.05, 4.69) is 33.0 Å². The van der Waals surface area contributed by atoms with E-state index in [1.54, 1.807) is 6.20 Å². The van der Waals surface area contributed by atoms with Gasteiger partial charge in [0.15, 0.2) is 0 Å². The van der Waals surface area contributed by atoms with Crippen LogP contribution in [0.5, 0.6) is 5.75 Å². The van der Waals surface area contributed by atoms with Gasteiger partial charge in [0, 0.05) is 11.8 Å². The van der Waals surface area contributed by atoms with E-state index in [1.807, 2.05) is 36.4 Å². The summed E-state index contributed by atoms with van der Waals surface area (Å²) in [6, 6.07) is 15.9. The van der Waals surface area contributed by atoms with Gasteiger partial charge in [-0.25, -0.2) is 4.98 Å². The molecule has 100 valence electrons. The predicted molar refractivity (Wildman–Crippen MR) is 85.2 cm³/mol. The first-order chi connectivity index (χ1) is 9.75. The topological polar surface area (TPSA) is 22.1 Å². The van der Waals surface area contributed by atoms with Crippen molar-refractivity contribution in [1.29, 1.82) is 0 Å². The van der Waals surface area contributed by atoms with Crippen LogP contribution in [0.15, 0.2) is 59.2 Å². The van der Waals surface area contributed by atoms with Gasteiger partial charge in [-0.2, -0.15) is 0 Å². The van der Waals surface area contributed by atoms with Crippen LogP contribution >= 0.6 is 27.5 Å². The highest BCUT2D eigenvalue weighted by Gasteiger charge is 2.07. The van der Waals surface area contributed by atoms with E-state index in [0.717, 1.165) is 21.2 Å². The van der Waals surface area contributed by atoms with Gasteiger partial charge in [-0.15, -0.1) is 0 Å². The third-order valence-electron chi connectivity index (χ3n) is 3.05. The minimum Gasteiger partial charge on any atom is -0.488 e. The highest BCUT2D eigenvalue weighted by atomic mass is 79.9. The molecule has 3 aromatic rings. The van der Waals surface area contributed by atoms with Crippen LogP contribution in [-0.2, 0) is 6.61 Å². The van der Waals surface area contributed by atoms with Crippen LogP contribution in [0.1, 0.15) is 5.56 Å². The van der Waals surface area contributed by atoms with Crippen LogP contribution in [0.3, 0.4) is 0 Å². The zero-order chi connectivity index (χ0) is 13.9. The Hall–Kier alpha value is -1.58. The van der Waals surface area contributed by atoms with Crippen LogP contribution in [-0.4, -0.2) is 4.98 Å². The first-order valence-corrected chi connectivity index (χ1v) is 7.32. The molecule has 3 rings (SSSR count). The molecule has 0 unspecified atom stereocenters. The number of rotatable bonds is 3. The maximum Gasteiger partial charge on any atom is 0.135 e. The highest BCUT2D eigenvalue weighted by Crippen LogP contribution is 2.33. The fraction of sp³-hybridized carbons (Fsp3) is 0.0625. The second kappa shape index (κ2) is 5.81. The lowest BCUT2D eigenvalue weighted by Crippen LogP contribution is -1.98. The van der Waals surface area contributed by atoms with Crippen molar-refractivity contribution in [1.82, 2.24) is 4.98 Å². The van der Waals surface area contributed by atoms with Gasteiger partial charge < -0.3 is 4.74 Å². The van der Waals surface area contributed by atoms with Crippen molar-refractivity contribution in [2.45, 2.75) is 6.61 Å². The van der Waals surface area contributed by atoms with Crippen molar-refractivity contribution in [2.75, 3.05) is 0 Å². The molecule has 2 aromatic carbocycles. The average Bonchev–Trinajstić information content (AvgIpc) is 2.48. The Morgan fingerprint density at radius 3 is 2.75 bits per heavy atom. The number of halogens is 2. The molecule has 0 bridgehead atoms. The predicted octanol–water partition coefficient (Wildman–Crippen LogP) is 5.23. The van der Waals surface area contributed by atoms with Crippen molar-refractivity contribution in [3.8, 4) is 5.75 Å². The lowest BCUT2D eigenvalue weighted by molar-refractivity contribution is 0.304. The lowest BCUT2D eigenvalue weighted by Gasteiger charge is -2.11. The van der Waals surface area contributed by atoms with Crippen molar-refractivity contribution in [3.63, 3.8) is 0 Å². The van der Waals surface area contributed by atoms with Crippen LogP contribution in [0.4, 0.5) is 0 Å². The molecule has 0 fully saturated rings. The van der Waals surface area contributed by atoms with E-state index >= 15 is 0 Å². The second-order valence-corrected chi connectivity index (χ2v) is 5.49. The largest absolute Gasteiger partial charge is 0.488 e. The van der Waals surface area contributed by atoms with E-state index in [4.69, 9.17) is 16.3 Å². The van der Waals surface area contributed by atoms with Crippen LogP contribution in [0, 0.1) is 0 Å². The van der Waals surface area contributed by atoms with Gasteiger partial charge in [0.25, 0.3) is 0 Å². The summed E-state index contributed by atoms with van der Waals surface area (Å²) in [6.07, 6.45) is 1.66. The van der Waals surface area contributed by atoms with E-state index in [1.165, 1.54) is 5.39 Å². The molecule has 0 N–H and O–H groups in total. The smallest absolute Gasteiger partial charge is 0.135 e. The van der Waals surface area contributed by atoms with Crippen molar-refractivity contribution in [3.05, 3.63) is 69.9 Å². The van der Waals surface area contributed by atoms with E-state index < -0.39 is 0 Å². The minimum atomic E-state index is 0.392. The Balaban J connectivity index is 1.88. The number of nitrogens with zero attached hydrogens (tertiary/aromatic N) is 1. The maximum atomic E-state index is 6.02. The standard InChI is InChI=1S/C16H11BrClNO/c17-15-13-6-2-1-4-11(13)7-8-14(15)20-10-12-5-3-9-19-16(12)18/h1-9H,10H2. The summed E-state index contributed by atoms with van der Waals surface area (Å²) in [5.41, 5.74) is 0.870. The van der Waals surface area contributed by atoms with Crippen LogP contribution in [0.25, 0.3) is 10.8 Å². The molecule has 0 spiro atoms. The maximum absolute atomic E-state index is 6.02. The van der Waals surface area contributed by atoms with Gasteiger partial charge >= 0.3 is 0 Å². The van der Waals surface area contributed by atoms with Gasteiger partial charge in [-0.1, -0.05) is 48.0 Å². The van der Waals surface area contributed by atoms with Gasteiger partial charge in [-0.3, -0.25) is 0 Å². The summed E-state index contributed by atoms with van der Waals surface area (Å²) in [5.74, 6) is 0.795. The van der Waals surface area contributed by atoms with Crippen molar-refractivity contribution in [2.24, 2.45) is 0 Å². The van der Waals surface area contributed by atoms with Gasteiger partial charge in [0.05, 0.1) is 4.47 Å². The Labute approximate surface area is 130 Å². The number of ether oxygens (including phenoxy) is 1. The monoisotopic (exact) mass is 347 g/mol. The molecule has 2 nitrogen and oxygen atoms in total. The van der Waals surface area contributed by atoms with E-state index in [9.17, 15) is 0 Å². The molecular weight excluding hydrogens is 338 g/mol. The molecule has 0 aliphatic heterocycles. The van der Waals surface area contributed by atoms with Crippen molar-refractivity contribution >= 4 is 38.3 Å². The molecule has 1 heterocycles. The molecule has 0 saturated carbocycles. The third-order valence-corrected chi connectivity index (χ3v) is 4.21. The zero-order valence-electron chi connectivity index (χ0n) is 10.5. The van der Waals surface area contributed by atoms with Crippen molar-refractivity contribution < 1.29 is 4.74 Å². The summed E-state index contributed by atoms with van der Waals surface area (Å²) >= 11 is 9.62. The first kappa shape index (κ1) is 13.4. The molecule has 0 aliphatic rings. The molecular formula is C16H11BrClNO. The summed E-state index contributed by atoms with van der Waals surface area (Å²) < 4.78 is 6.79. The molecule has 0 radical (unpaired) electrons. The summed E-state index contributed by atoms with van der Waals surface area (Å²) in [4.78, 5) is 4.04. The summed E-state index contributed by atoms with van der Waals surface area (Å²) in [6.45, 7) is 0.392. The SMILES string of the molecule is Clc1ncccc1COc1ccc2ccccc2c1Br. The Morgan fingerprint density at radius 2 is 1.90 bits per heavy atom. The van der Waals surface area contributed by atoms with Gasteiger partial charge in [-0.05, 0) is 38.8 Å². The fourth-order valence-electron chi connectivity index (χ4n) is 2.01. The first-order valence-electron chi connectivity index (χ1n) is 6.15. The number of benzene rings is 2. The second-order valence-electron chi connectivity index (χ2n) is 4.34. The summed E-state index contributed by atoms with van der Waals surface area (Å²) in [7, 11) is 0. The van der Waals surface area contributed by atoms with Gasteiger partial charge in [0.1, 0.15) is 17.5 Å². The lowest BCUT2D eigenvalue weighted by atomic mass is 10.1. The molecule has 0 atom stereocenters. The summed E-state index contributed by atoms with van der Waals surface area (Å²) in [5, 5.41) is 2.78. The van der Waals surface area contributed by atoms with Crippen LogP contribution in [0.2, 0.25) is 5.15 Å². The highest BCUT2D eigenvalue weighted by molar-refractivity contribution is 9.10. The normalized spacial score (nSPS) is 10.7. The molecule has 0 saturated heterocycles. The Bertz CT molecular complexity index is 760.